The van der Waals surface area contributed by atoms with Gasteiger partial charge in [-0.2, -0.15) is 0 Å². The normalized spacial score (nSPS) is 14.7. The highest BCUT2D eigenvalue weighted by molar-refractivity contribution is 6.42. The van der Waals surface area contributed by atoms with Crippen molar-refractivity contribution in [2.75, 3.05) is 0 Å². The van der Waals surface area contributed by atoms with E-state index in [9.17, 15) is 9.50 Å². The van der Waals surface area contributed by atoms with Crippen molar-refractivity contribution in [1.82, 2.24) is 0 Å². The first kappa shape index (κ1) is 14.7. The van der Waals surface area contributed by atoms with Crippen LogP contribution in [0.15, 0.2) is 12.1 Å². The molecule has 17 heavy (non-hydrogen) atoms. The summed E-state index contributed by atoms with van der Waals surface area (Å²) in [5.74, 6) is -0.539. The van der Waals surface area contributed by atoms with Gasteiger partial charge in [0.05, 0.1) is 22.2 Å². The first-order valence-electron chi connectivity index (χ1n) is 5.56. The summed E-state index contributed by atoms with van der Waals surface area (Å²) >= 11 is 11.7. The lowest BCUT2D eigenvalue weighted by Gasteiger charge is -2.21. The Kier molecular flexibility index (Phi) is 5.67. The minimum atomic E-state index is -0.854. The molecule has 0 aliphatic rings. The number of nitrogens with two attached hydrogens (primary N) is 1. The molecule has 1 aromatic rings. The first-order valence-corrected chi connectivity index (χ1v) is 6.31. The average Bonchev–Trinajstić information content (AvgIpc) is 2.31. The van der Waals surface area contributed by atoms with Crippen LogP contribution >= 0.6 is 23.2 Å². The molecular formula is C12H16Cl2FNO. The maximum atomic E-state index is 13.6. The van der Waals surface area contributed by atoms with Crippen LogP contribution in [-0.4, -0.2) is 11.2 Å². The van der Waals surface area contributed by atoms with E-state index < -0.39 is 18.0 Å². The largest absolute Gasteiger partial charge is 0.391 e. The van der Waals surface area contributed by atoms with Gasteiger partial charge in [0, 0.05) is 5.56 Å². The highest BCUT2D eigenvalue weighted by atomic mass is 35.5. The molecule has 0 aliphatic heterocycles. The lowest BCUT2D eigenvalue weighted by molar-refractivity contribution is 0.131. The molecule has 0 radical (unpaired) electrons. The van der Waals surface area contributed by atoms with Crippen molar-refractivity contribution in [2.24, 2.45) is 5.73 Å². The fraction of sp³-hybridized carbons (Fsp3) is 0.500. The molecule has 1 rings (SSSR count). The van der Waals surface area contributed by atoms with E-state index in [0.717, 1.165) is 12.8 Å². The minimum absolute atomic E-state index is 0.0784. The molecule has 96 valence electrons. The summed E-state index contributed by atoms with van der Waals surface area (Å²) in [6.45, 7) is 2.01. The van der Waals surface area contributed by atoms with Crippen molar-refractivity contribution in [3.8, 4) is 0 Å². The van der Waals surface area contributed by atoms with E-state index in [0.29, 0.717) is 6.42 Å². The second kappa shape index (κ2) is 6.55. The molecule has 0 bridgehead atoms. The maximum absolute atomic E-state index is 13.6. The van der Waals surface area contributed by atoms with Gasteiger partial charge < -0.3 is 10.8 Å². The van der Waals surface area contributed by atoms with E-state index in [1.807, 2.05) is 6.92 Å². The van der Waals surface area contributed by atoms with Crippen molar-refractivity contribution in [3.05, 3.63) is 33.6 Å². The number of hydrogen-bond acceptors (Lipinski definition) is 2. The SMILES string of the molecule is CCCC[C@H](O)[C@H](N)c1c(F)ccc(Cl)c1Cl. The number of halogens is 3. The first-order chi connectivity index (χ1) is 7.99. The van der Waals surface area contributed by atoms with E-state index in [-0.39, 0.29) is 15.6 Å². The van der Waals surface area contributed by atoms with E-state index in [2.05, 4.69) is 0 Å². The predicted molar refractivity (Wildman–Crippen MR) is 68.9 cm³/mol. The second-order valence-corrected chi connectivity index (χ2v) is 4.78. The van der Waals surface area contributed by atoms with Gasteiger partial charge in [-0.25, -0.2) is 4.39 Å². The third kappa shape index (κ3) is 3.55. The van der Waals surface area contributed by atoms with E-state index in [4.69, 9.17) is 28.9 Å². The molecule has 2 atom stereocenters. The molecule has 0 saturated carbocycles. The molecule has 0 aliphatic carbocycles. The molecule has 1 aromatic carbocycles. The van der Waals surface area contributed by atoms with Gasteiger partial charge in [-0.15, -0.1) is 0 Å². The van der Waals surface area contributed by atoms with Crippen LogP contribution in [0.2, 0.25) is 10.0 Å². The van der Waals surface area contributed by atoms with Gasteiger partial charge >= 0.3 is 0 Å². The zero-order valence-electron chi connectivity index (χ0n) is 9.59. The van der Waals surface area contributed by atoms with Crippen molar-refractivity contribution in [1.29, 1.82) is 0 Å². The minimum Gasteiger partial charge on any atom is -0.391 e. The molecule has 3 N–H and O–H groups in total. The number of hydrogen-bond donors (Lipinski definition) is 2. The van der Waals surface area contributed by atoms with Gasteiger partial charge in [0.1, 0.15) is 5.82 Å². The summed E-state index contributed by atoms with van der Waals surface area (Å²) in [5.41, 5.74) is 5.90. The summed E-state index contributed by atoms with van der Waals surface area (Å²) in [4.78, 5) is 0. The van der Waals surface area contributed by atoms with Crippen LogP contribution in [0, 0.1) is 5.82 Å². The lowest BCUT2D eigenvalue weighted by atomic mass is 9.98. The van der Waals surface area contributed by atoms with Crippen molar-refractivity contribution in [2.45, 2.75) is 38.3 Å². The second-order valence-electron chi connectivity index (χ2n) is 3.99. The zero-order valence-corrected chi connectivity index (χ0v) is 11.1. The smallest absolute Gasteiger partial charge is 0.129 e. The predicted octanol–water partition coefficient (Wildman–Crippen LogP) is 3.68. The van der Waals surface area contributed by atoms with Gasteiger partial charge in [0.25, 0.3) is 0 Å². The highest BCUT2D eigenvalue weighted by Gasteiger charge is 2.23. The van der Waals surface area contributed by atoms with Crippen LogP contribution in [0.1, 0.15) is 37.8 Å². The van der Waals surface area contributed by atoms with E-state index >= 15 is 0 Å². The van der Waals surface area contributed by atoms with Crippen LogP contribution in [-0.2, 0) is 0 Å². The van der Waals surface area contributed by atoms with Crippen LogP contribution in [0.4, 0.5) is 4.39 Å². The monoisotopic (exact) mass is 279 g/mol. The highest BCUT2D eigenvalue weighted by Crippen LogP contribution is 2.33. The molecule has 2 nitrogen and oxygen atoms in total. The molecule has 0 unspecified atom stereocenters. The van der Waals surface area contributed by atoms with Gasteiger partial charge in [0.15, 0.2) is 0 Å². The number of rotatable bonds is 5. The Morgan fingerprint density at radius 2 is 2.06 bits per heavy atom. The molecule has 0 aromatic heterocycles. The van der Waals surface area contributed by atoms with Gasteiger partial charge in [-0.1, -0.05) is 43.0 Å². The van der Waals surface area contributed by atoms with Crippen molar-refractivity contribution >= 4 is 23.2 Å². The Morgan fingerprint density at radius 3 is 2.65 bits per heavy atom. The van der Waals surface area contributed by atoms with Crippen LogP contribution in [0.5, 0.6) is 0 Å². The molecule has 5 heteroatoms. The Balaban J connectivity index is 2.95. The number of aliphatic hydroxyl groups excluding tert-OH is 1. The lowest BCUT2D eigenvalue weighted by Crippen LogP contribution is -2.27. The molecule has 0 heterocycles. The Morgan fingerprint density at radius 1 is 1.41 bits per heavy atom. The van der Waals surface area contributed by atoms with Gasteiger partial charge in [0.2, 0.25) is 0 Å². The number of unbranched alkanes of at least 4 members (excludes halogenated alkanes) is 1. The quantitative estimate of drug-likeness (QED) is 0.808. The summed E-state index contributed by atoms with van der Waals surface area (Å²) in [5, 5.41) is 10.2. The molecule has 0 fully saturated rings. The Hall–Kier alpha value is -0.350. The maximum Gasteiger partial charge on any atom is 0.129 e. The van der Waals surface area contributed by atoms with Crippen molar-refractivity contribution in [3.63, 3.8) is 0 Å². The Bertz CT molecular complexity index is 387. The average molecular weight is 280 g/mol. The standard InChI is InChI=1S/C12H16Cl2FNO/c1-2-3-4-9(17)12(16)10-8(15)6-5-7(13)11(10)14/h5-6,9,12,17H,2-4,16H2,1H3/t9-,12-/m0/s1. The van der Waals surface area contributed by atoms with Crippen LogP contribution in [0.3, 0.4) is 0 Å². The number of benzene rings is 1. The van der Waals surface area contributed by atoms with Gasteiger partial charge in [-0.3, -0.25) is 0 Å². The van der Waals surface area contributed by atoms with Crippen LogP contribution < -0.4 is 5.73 Å². The molecular weight excluding hydrogens is 264 g/mol. The van der Waals surface area contributed by atoms with Crippen molar-refractivity contribution < 1.29 is 9.50 Å². The molecule has 0 amide bonds. The topological polar surface area (TPSA) is 46.2 Å². The summed E-state index contributed by atoms with van der Waals surface area (Å²) in [6, 6.07) is 1.72. The van der Waals surface area contributed by atoms with Gasteiger partial charge in [-0.05, 0) is 18.6 Å². The molecule has 0 spiro atoms. The summed E-state index contributed by atoms with van der Waals surface area (Å²) in [6.07, 6.45) is 1.46. The molecule has 0 saturated heterocycles. The summed E-state index contributed by atoms with van der Waals surface area (Å²) in [7, 11) is 0. The Labute approximate surface area is 111 Å². The van der Waals surface area contributed by atoms with E-state index in [1.54, 1.807) is 0 Å². The number of aliphatic hydroxyl groups is 1. The fourth-order valence-corrected chi connectivity index (χ4v) is 2.08. The third-order valence-corrected chi connectivity index (χ3v) is 3.50. The fourth-order valence-electron chi connectivity index (χ4n) is 1.63. The summed E-state index contributed by atoms with van der Waals surface area (Å²) < 4.78 is 13.6. The van der Waals surface area contributed by atoms with Crippen LogP contribution in [0.25, 0.3) is 0 Å². The van der Waals surface area contributed by atoms with E-state index in [1.165, 1.54) is 12.1 Å². The third-order valence-electron chi connectivity index (χ3n) is 2.68. The zero-order chi connectivity index (χ0) is 13.0.